The monoisotopic (exact) mass is 400 g/mol. The molecule has 0 spiro atoms. The van der Waals surface area contributed by atoms with E-state index < -0.39 is 10.0 Å². The molecule has 0 saturated carbocycles. The number of hydrogen-bond acceptors (Lipinski definition) is 4. The number of nitrogens with one attached hydrogen (secondary N) is 1. The largest absolute Gasteiger partial charge is 0.497 e. The van der Waals surface area contributed by atoms with Crippen molar-refractivity contribution in [2.24, 2.45) is 0 Å². The van der Waals surface area contributed by atoms with Crippen molar-refractivity contribution >= 4 is 22.0 Å². The number of carbonyl (C=O) groups excluding carboxylic acids is 1. The maximum Gasteiger partial charge on any atom is 0.246 e. The standard InChI is InChI=1S/C21H24N2O4S/c1-27-19-8-10-20(11-9-19)28(25,26)22-18-13-15-23(16-14-18)21(24)12-7-17-5-3-2-4-6-17/h2-12,18,22H,13-16H2,1H3. The summed E-state index contributed by atoms with van der Waals surface area (Å²) in [6.45, 7) is 1.04. The van der Waals surface area contributed by atoms with Crippen LogP contribution in [-0.2, 0) is 14.8 Å². The zero-order valence-corrected chi connectivity index (χ0v) is 16.6. The average molecular weight is 401 g/mol. The molecule has 1 N–H and O–H groups in total. The molecule has 1 saturated heterocycles. The number of rotatable bonds is 6. The molecule has 3 rings (SSSR count). The molecule has 0 atom stereocenters. The first kappa shape index (κ1) is 20.1. The van der Waals surface area contributed by atoms with Crippen LogP contribution in [0.5, 0.6) is 5.75 Å². The second kappa shape index (κ2) is 9.03. The smallest absolute Gasteiger partial charge is 0.246 e. The molecule has 1 aliphatic rings. The average Bonchev–Trinajstić information content (AvgIpc) is 2.73. The molecular formula is C21H24N2O4S. The highest BCUT2D eigenvalue weighted by atomic mass is 32.2. The summed E-state index contributed by atoms with van der Waals surface area (Å²) in [6, 6.07) is 15.7. The number of hydrogen-bond donors (Lipinski definition) is 1. The third kappa shape index (κ3) is 5.21. The fraction of sp³-hybridized carbons (Fsp3) is 0.286. The van der Waals surface area contributed by atoms with Crippen LogP contribution in [0.4, 0.5) is 0 Å². The molecule has 7 heteroatoms. The number of nitrogens with zero attached hydrogens (tertiary/aromatic N) is 1. The number of ether oxygens (including phenoxy) is 1. The molecule has 0 radical (unpaired) electrons. The maximum absolute atomic E-state index is 12.5. The Hall–Kier alpha value is -2.64. The maximum atomic E-state index is 12.5. The lowest BCUT2D eigenvalue weighted by atomic mass is 10.1. The zero-order valence-electron chi connectivity index (χ0n) is 15.7. The first-order valence-corrected chi connectivity index (χ1v) is 10.6. The molecule has 6 nitrogen and oxygen atoms in total. The fourth-order valence-corrected chi connectivity index (χ4v) is 4.40. The number of methoxy groups -OCH3 is 1. The summed E-state index contributed by atoms with van der Waals surface area (Å²) in [5, 5.41) is 0. The van der Waals surface area contributed by atoms with E-state index in [4.69, 9.17) is 4.74 Å². The Morgan fingerprint density at radius 1 is 1.07 bits per heavy atom. The summed E-state index contributed by atoms with van der Waals surface area (Å²) in [4.78, 5) is 14.3. The lowest BCUT2D eigenvalue weighted by Gasteiger charge is -2.31. The van der Waals surface area contributed by atoms with Crippen LogP contribution in [0.1, 0.15) is 18.4 Å². The molecule has 148 valence electrons. The summed E-state index contributed by atoms with van der Waals surface area (Å²) in [5.74, 6) is 0.551. The molecule has 2 aromatic rings. The Labute approximate surface area is 165 Å². The van der Waals surface area contributed by atoms with Crippen LogP contribution in [0.25, 0.3) is 6.08 Å². The van der Waals surface area contributed by atoms with Crippen molar-refractivity contribution < 1.29 is 17.9 Å². The molecule has 0 unspecified atom stereocenters. The van der Waals surface area contributed by atoms with E-state index in [0.717, 1.165) is 5.56 Å². The molecule has 1 fully saturated rings. The predicted octanol–water partition coefficient (Wildman–Crippen LogP) is 2.68. The minimum absolute atomic E-state index is 0.0553. The van der Waals surface area contributed by atoms with E-state index in [9.17, 15) is 13.2 Å². The second-order valence-corrected chi connectivity index (χ2v) is 8.35. The van der Waals surface area contributed by atoms with Gasteiger partial charge in [0.15, 0.2) is 0 Å². The van der Waals surface area contributed by atoms with Gasteiger partial charge in [0.1, 0.15) is 5.75 Å². The summed E-state index contributed by atoms with van der Waals surface area (Å²) < 4.78 is 32.9. The zero-order chi connectivity index (χ0) is 20.0. The first-order valence-electron chi connectivity index (χ1n) is 9.16. The number of benzene rings is 2. The van der Waals surface area contributed by atoms with Crippen LogP contribution in [-0.4, -0.2) is 45.5 Å². The molecule has 1 amide bonds. The van der Waals surface area contributed by atoms with Crippen LogP contribution < -0.4 is 9.46 Å². The van der Waals surface area contributed by atoms with E-state index in [1.165, 1.54) is 19.2 Å². The Morgan fingerprint density at radius 3 is 2.32 bits per heavy atom. The summed E-state index contributed by atoms with van der Waals surface area (Å²) >= 11 is 0. The van der Waals surface area contributed by atoms with E-state index >= 15 is 0 Å². The Bertz CT molecular complexity index is 917. The molecule has 0 aliphatic carbocycles. The van der Waals surface area contributed by atoms with Gasteiger partial charge < -0.3 is 9.64 Å². The highest BCUT2D eigenvalue weighted by Crippen LogP contribution is 2.18. The number of sulfonamides is 1. The van der Waals surface area contributed by atoms with Gasteiger partial charge in [0.05, 0.1) is 12.0 Å². The molecular weight excluding hydrogens is 376 g/mol. The van der Waals surface area contributed by atoms with Crippen molar-refractivity contribution in [1.29, 1.82) is 0 Å². The van der Waals surface area contributed by atoms with E-state index in [-0.39, 0.29) is 16.8 Å². The van der Waals surface area contributed by atoms with Gasteiger partial charge in [0.25, 0.3) is 0 Å². The predicted molar refractivity (Wildman–Crippen MR) is 108 cm³/mol. The quantitative estimate of drug-likeness (QED) is 0.757. The van der Waals surface area contributed by atoms with Crippen molar-refractivity contribution in [2.45, 2.75) is 23.8 Å². The minimum Gasteiger partial charge on any atom is -0.497 e. The Morgan fingerprint density at radius 2 is 1.71 bits per heavy atom. The molecule has 0 aromatic heterocycles. The van der Waals surface area contributed by atoms with Gasteiger partial charge in [-0.3, -0.25) is 4.79 Å². The van der Waals surface area contributed by atoms with Gasteiger partial charge in [-0.05, 0) is 48.7 Å². The van der Waals surface area contributed by atoms with Crippen molar-refractivity contribution in [3.05, 3.63) is 66.2 Å². The van der Waals surface area contributed by atoms with Gasteiger partial charge in [-0.25, -0.2) is 13.1 Å². The van der Waals surface area contributed by atoms with E-state index in [0.29, 0.717) is 31.7 Å². The number of carbonyl (C=O) groups is 1. The minimum atomic E-state index is -3.59. The molecule has 0 bridgehead atoms. The van der Waals surface area contributed by atoms with Gasteiger partial charge in [0.2, 0.25) is 15.9 Å². The number of likely N-dealkylation sites (tertiary alicyclic amines) is 1. The normalized spacial score (nSPS) is 15.7. The van der Waals surface area contributed by atoms with Crippen LogP contribution >= 0.6 is 0 Å². The second-order valence-electron chi connectivity index (χ2n) is 6.64. The van der Waals surface area contributed by atoms with Gasteiger partial charge in [-0.1, -0.05) is 30.3 Å². The third-order valence-corrected chi connectivity index (χ3v) is 6.25. The summed E-state index contributed by atoms with van der Waals surface area (Å²) in [6.07, 6.45) is 4.53. The summed E-state index contributed by atoms with van der Waals surface area (Å²) in [5.41, 5.74) is 0.970. The number of piperidine rings is 1. The van der Waals surface area contributed by atoms with Gasteiger partial charge in [-0.2, -0.15) is 0 Å². The Kier molecular flexibility index (Phi) is 6.49. The SMILES string of the molecule is COc1ccc(S(=O)(=O)NC2CCN(C(=O)C=Cc3ccccc3)CC2)cc1. The fourth-order valence-electron chi connectivity index (χ4n) is 3.10. The summed E-state index contributed by atoms with van der Waals surface area (Å²) in [7, 11) is -2.06. The van der Waals surface area contributed by atoms with Gasteiger partial charge in [0, 0.05) is 25.2 Å². The van der Waals surface area contributed by atoms with E-state index in [1.54, 1.807) is 29.2 Å². The molecule has 28 heavy (non-hydrogen) atoms. The highest BCUT2D eigenvalue weighted by molar-refractivity contribution is 7.89. The first-order chi connectivity index (χ1) is 13.5. The topological polar surface area (TPSA) is 75.7 Å². The van der Waals surface area contributed by atoms with Crippen molar-refractivity contribution in [3.8, 4) is 5.75 Å². The van der Waals surface area contributed by atoms with Crippen molar-refractivity contribution in [2.75, 3.05) is 20.2 Å². The van der Waals surface area contributed by atoms with Crippen LogP contribution in [0, 0.1) is 0 Å². The van der Waals surface area contributed by atoms with Crippen LogP contribution in [0.15, 0.2) is 65.6 Å². The van der Waals surface area contributed by atoms with Crippen LogP contribution in [0.3, 0.4) is 0 Å². The van der Waals surface area contributed by atoms with Crippen molar-refractivity contribution in [1.82, 2.24) is 9.62 Å². The Balaban J connectivity index is 1.53. The molecule has 1 heterocycles. The van der Waals surface area contributed by atoms with Crippen molar-refractivity contribution in [3.63, 3.8) is 0 Å². The van der Waals surface area contributed by atoms with Gasteiger partial charge in [-0.15, -0.1) is 0 Å². The van der Waals surface area contributed by atoms with E-state index in [2.05, 4.69) is 4.72 Å². The van der Waals surface area contributed by atoms with E-state index in [1.807, 2.05) is 30.3 Å². The third-order valence-electron chi connectivity index (χ3n) is 4.72. The lowest BCUT2D eigenvalue weighted by Crippen LogP contribution is -2.46. The molecule has 2 aromatic carbocycles. The number of amides is 1. The van der Waals surface area contributed by atoms with Gasteiger partial charge >= 0.3 is 0 Å². The molecule has 1 aliphatic heterocycles. The highest BCUT2D eigenvalue weighted by Gasteiger charge is 2.26. The lowest BCUT2D eigenvalue weighted by molar-refractivity contribution is -0.126. The van der Waals surface area contributed by atoms with Crippen LogP contribution in [0.2, 0.25) is 0 Å².